The average Bonchev–Trinajstić information content (AvgIpc) is 2.71. The van der Waals surface area contributed by atoms with E-state index >= 15 is 0 Å². The fourth-order valence-corrected chi connectivity index (χ4v) is 3.87. The lowest BCUT2D eigenvalue weighted by Gasteiger charge is -2.22. The van der Waals surface area contributed by atoms with Crippen molar-refractivity contribution in [3.8, 4) is 0 Å². The van der Waals surface area contributed by atoms with Gasteiger partial charge in [0.25, 0.3) is 5.91 Å². The van der Waals surface area contributed by atoms with Gasteiger partial charge in [0.1, 0.15) is 0 Å². The van der Waals surface area contributed by atoms with E-state index in [1.165, 1.54) is 12.5 Å². The van der Waals surface area contributed by atoms with E-state index in [1.807, 2.05) is 0 Å². The van der Waals surface area contributed by atoms with Crippen molar-refractivity contribution in [1.29, 1.82) is 0 Å². The van der Waals surface area contributed by atoms with Gasteiger partial charge >= 0.3 is 0 Å². The van der Waals surface area contributed by atoms with E-state index in [0.717, 1.165) is 25.7 Å². The van der Waals surface area contributed by atoms with Crippen LogP contribution in [-0.2, 0) is 4.79 Å². The van der Waals surface area contributed by atoms with Gasteiger partial charge in [-0.3, -0.25) is 9.59 Å². The van der Waals surface area contributed by atoms with Crippen LogP contribution in [-0.4, -0.2) is 24.4 Å². The molecule has 5 nitrogen and oxygen atoms in total. The van der Waals surface area contributed by atoms with Gasteiger partial charge in [0, 0.05) is 17.3 Å². The highest BCUT2D eigenvalue weighted by atomic mass is 35.5. The molecule has 154 valence electrons. The topological polar surface area (TPSA) is 70.2 Å². The smallest absolute Gasteiger partial charge is 0.251 e. The molecule has 0 saturated heterocycles. The third-order valence-electron chi connectivity index (χ3n) is 4.82. The molecule has 0 aliphatic heterocycles. The van der Waals surface area contributed by atoms with Gasteiger partial charge in [-0.1, -0.05) is 54.1 Å². The summed E-state index contributed by atoms with van der Waals surface area (Å²) in [7, 11) is 0. The van der Waals surface area contributed by atoms with Crippen LogP contribution < -0.4 is 16.0 Å². The van der Waals surface area contributed by atoms with Gasteiger partial charge in [0.2, 0.25) is 5.91 Å². The Morgan fingerprint density at radius 2 is 1.55 bits per heavy atom. The predicted molar refractivity (Wildman–Crippen MR) is 119 cm³/mol. The van der Waals surface area contributed by atoms with Crippen LogP contribution in [0.15, 0.2) is 36.4 Å². The molecule has 29 heavy (non-hydrogen) atoms. The molecule has 0 atom stereocenters. The third-order valence-corrected chi connectivity index (χ3v) is 5.86. The number of rotatable bonds is 6. The van der Waals surface area contributed by atoms with Crippen LogP contribution in [0.2, 0.25) is 15.1 Å². The number of benzene rings is 2. The second-order valence-electron chi connectivity index (χ2n) is 7.03. The van der Waals surface area contributed by atoms with Crippen molar-refractivity contribution in [3.63, 3.8) is 0 Å². The zero-order valence-corrected chi connectivity index (χ0v) is 18.0. The quantitative estimate of drug-likeness (QED) is 0.486. The number of anilines is 2. The number of carbonyl (C=O) groups is 2. The lowest BCUT2D eigenvalue weighted by molar-refractivity contribution is -0.114. The molecule has 0 aromatic heterocycles. The molecule has 3 N–H and O–H groups in total. The van der Waals surface area contributed by atoms with Crippen LogP contribution >= 0.6 is 34.8 Å². The molecule has 3 rings (SSSR count). The van der Waals surface area contributed by atoms with Crippen molar-refractivity contribution in [1.82, 2.24) is 5.32 Å². The zero-order valence-electron chi connectivity index (χ0n) is 15.7. The van der Waals surface area contributed by atoms with E-state index < -0.39 is 0 Å². The van der Waals surface area contributed by atoms with Gasteiger partial charge in [0.05, 0.1) is 27.3 Å². The molecule has 0 spiro atoms. The van der Waals surface area contributed by atoms with Gasteiger partial charge in [-0.25, -0.2) is 0 Å². The summed E-state index contributed by atoms with van der Waals surface area (Å²) in [5, 5.41) is 9.84. The summed E-state index contributed by atoms with van der Waals surface area (Å²) in [6, 6.07) is 10.2. The average molecular weight is 455 g/mol. The molecule has 1 aliphatic rings. The van der Waals surface area contributed by atoms with Crippen LogP contribution in [0.1, 0.15) is 42.5 Å². The first kappa shape index (κ1) is 21.8. The first-order chi connectivity index (χ1) is 13.9. The van der Waals surface area contributed by atoms with Crippen molar-refractivity contribution in [2.24, 2.45) is 0 Å². The van der Waals surface area contributed by atoms with Crippen LogP contribution in [0.25, 0.3) is 0 Å². The minimum absolute atomic E-state index is 0.00159. The normalized spacial score (nSPS) is 14.3. The minimum atomic E-state index is -0.258. The van der Waals surface area contributed by atoms with Crippen molar-refractivity contribution in [3.05, 3.63) is 57.0 Å². The molecule has 2 aromatic carbocycles. The molecule has 1 saturated carbocycles. The first-order valence-corrected chi connectivity index (χ1v) is 10.6. The molecule has 2 aromatic rings. The van der Waals surface area contributed by atoms with E-state index in [0.29, 0.717) is 32.0 Å². The maximum Gasteiger partial charge on any atom is 0.251 e. The lowest BCUT2D eigenvalue weighted by atomic mass is 9.95. The van der Waals surface area contributed by atoms with Crippen LogP contribution in [0.5, 0.6) is 0 Å². The second kappa shape index (κ2) is 10.2. The monoisotopic (exact) mass is 453 g/mol. The number of hydrogen-bond acceptors (Lipinski definition) is 3. The molecule has 0 radical (unpaired) electrons. The number of nitrogens with one attached hydrogen (secondary N) is 3. The number of hydrogen-bond donors (Lipinski definition) is 3. The highest BCUT2D eigenvalue weighted by molar-refractivity contribution is 6.44. The van der Waals surface area contributed by atoms with E-state index in [4.69, 9.17) is 34.8 Å². The zero-order chi connectivity index (χ0) is 20.8. The molecule has 0 unspecified atom stereocenters. The molecular formula is C21H22Cl3N3O2. The Bertz CT molecular complexity index is 881. The summed E-state index contributed by atoms with van der Waals surface area (Å²) in [5.41, 5.74) is 1.70. The van der Waals surface area contributed by atoms with E-state index in [1.54, 1.807) is 30.3 Å². The summed E-state index contributed by atoms with van der Waals surface area (Å²) in [5.74, 6) is -0.336. The second-order valence-corrected chi connectivity index (χ2v) is 8.26. The first-order valence-electron chi connectivity index (χ1n) is 9.51. The van der Waals surface area contributed by atoms with E-state index in [2.05, 4.69) is 16.0 Å². The Kier molecular flexibility index (Phi) is 7.64. The molecule has 0 bridgehead atoms. The Morgan fingerprint density at radius 3 is 2.24 bits per heavy atom. The van der Waals surface area contributed by atoms with Gasteiger partial charge < -0.3 is 16.0 Å². The van der Waals surface area contributed by atoms with Crippen molar-refractivity contribution < 1.29 is 9.59 Å². The molecule has 1 aliphatic carbocycles. The summed E-state index contributed by atoms with van der Waals surface area (Å²) >= 11 is 17.9. The van der Waals surface area contributed by atoms with E-state index in [-0.39, 0.29) is 24.4 Å². The maximum absolute atomic E-state index is 12.3. The van der Waals surface area contributed by atoms with Gasteiger partial charge in [-0.15, -0.1) is 0 Å². The molecule has 0 heterocycles. The summed E-state index contributed by atoms with van der Waals surface area (Å²) in [6.45, 7) is 0.00159. The fourth-order valence-electron chi connectivity index (χ4n) is 3.26. The minimum Gasteiger partial charge on any atom is -0.375 e. The van der Waals surface area contributed by atoms with Gasteiger partial charge in [-0.05, 0) is 49.2 Å². The maximum atomic E-state index is 12.3. The predicted octanol–water partition coefficient (Wildman–Crippen LogP) is 5.76. The molecule has 2 amide bonds. The van der Waals surface area contributed by atoms with Crippen LogP contribution in [0.3, 0.4) is 0 Å². The number of carbonyl (C=O) groups excluding carboxylic acids is 2. The summed E-state index contributed by atoms with van der Waals surface area (Å²) in [4.78, 5) is 24.5. The number of halogens is 3. The Balaban J connectivity index is 1.50. The Morgan fingerprint density at radius 1 is 0.897 bits per heavy atom. The molecule has 1 fully saturated rings. The van der Waals surface area contributed by atoms with Crippen LogP contribution in [0, 0.1) is 0 Å². The largest absolute Gasteiger partial charge is 0.375 e. The lowest BCUT2D eigenvalue weighted by Crippen LogP contribution is -2.36. The van der Waals surface area contributed by atoms with E-state index in [9.17, 15) is 9.59 Å². The fraction of sp³-hybridized carbons (Fsp3) is 0.333. The van der Waals surface area contributed by atoms with Crippen molar-refractivity contribution in [2.75, 3.05) is 17.2 Å². The number of amides is 2. The SMILES string of the molecule is O=C(CNc1cc(Cl)c(Cl)cc1Cl)Nc1ccc(C(=O)NC2CCCCC2)cc1. The standard InChI is InChI=1S/C21H22Cl3N3O2/c22-16-10-18(24)19(11-17(16)23)25-12-20(28)26-15-8-6-13(7-9-15)21(29)27-14-4-2-1-3-5-14/h6-11,14,25H,1-5,12H2,(H,26,28)(H,27,29). The Labute approximate surface area is 185 Å². The molecule has 8 heteroatoms. The highest BCUT2D eigenvalue weighted by Gasteiger charge is 2.16. The van der Waals surface area contributed by atoms with Crippen molar-refractivity contribution in [2.45, 2.75) is 38.1 Å². The summed E-state index contributed by atoms with van der Waals surface area (Å²) in [6.07, 6.45) is 5.65. The highest BCUT2D eigenvalue weighted by Crippen LogP contribution is 2.32. The van der Waals surface area contributed by atoms with Gasteiger partial charge in [0.15, 0.2) is 0 Å². The Hall–Kier alpha value is -1.95. The van der Waals surface area contributed by atoms with Gasteiger partial charge in [-0.2, -0.15) is 0 Å². The summed E-state index contributed by atoms with van der Waals surface area (Å²) < 4.78 is 0. The van der Waals surface area contributed by atoms with Crippen LogP contribution in [0.4, 0.5) is 11.4 Å². The van der Waals surface area contributed by atoms with Crippen molar-refractivity contribution >= 4 is 58.0 Å². The molecular weight excluding hydrogens is 433 g/mol. The third kappa shape index (κ3) is 6.26.